The molecule has 1 N–H and O–H groups in total. The number of benzene rings is 1. The molecule has 0 aliphatic carbocycles. The van der Waals surface area contributed by atoms with E-state index in [0.29, 0.717) is 0 Å². The van der Waals surface area contributed by atoms with E-state index in [1.165, 1.54) is 0 Å². The van der Waals surface area contributed by atoms with Crippen LogP contribution < -0.4 is 0 Å². The van der Waals surface area contributed by atoms with Gasteiger partial charge in [0, 0.05) is 27.3 Å². The molecule has 0 saturated carbocycles. The van der Waals surface area contributed by atoms with Gasteiger partial charge in [-0.3, -0.25) is 9.78 Å². The van der Waals surface area contributed by atoms with Crippen LogP contribution in [0.1, 0.15) is 24.1 Å². The van der Waals surface area contributed by atoms with Gasteiger partial charge in [-0.05, 0) is 35.9 Å². The predicted molar refractivity (Wildman–Crippen MR) is 85.7 cm³/mol. The number of carboxylic acids is 1. The first-order valence-electron chi connectivity index (χ1n) is 6.80. The summed E-state index contributed by atoms with van der Waals surface area (Å²) >= 11 is 1.66. The number of hydrogen-bond acceptors (Lipinski definition) is 3. The highest BCUT2D eigenvalue weighted by Crippen LogP contribution is 2.34. The third-order valence-corrected chi connectivity index (χ3v) is 4.85. The Morgan fingerprint density at radius 1 is 1.29 bits per heavy atom. The summed E-state index contributed by atoms with van der Waals surface area (Å²) < 4.78 is 0. The van der Waals surface area contributed by atoms with Crippen LogP contribution in [0, 0.1) is 0 Å². The standard InChI is InChI=1S/C17H15NO2S/c1-11(9-17(19)20)15-6-7-16(21-15)13-4-5-14-12(10-13)3-2-8-18-14/h2-8,10-11H,9H2,1H3,(H,19,20). The van der Waals surface area contributed by atoms with Gasteiger partial charge in [0.05, 0.1) is 11.9 Å². The second-order valence-electron chi connectivity index (χ2n) is 5.11. The lowest BCUT2D eigenvalue weighted by Gasteiger charge is -2.05. The van der Waals surface area contributed by atoms with E-state index < -0.39 is 5.97 Å². The fraction of sp³-hybridized carbons (Fsp3) is 0.176. The number of nitrogens with zero attached hydrogens (tertiary/aromatic N) is 1. The lowest BCUT2D eigenvalue weighted by molar-refractivity contribution is -0.137. The molecule has 0 aliphatic heterocycles. The molecule has 0 fully saturated rings. The van der Waals surface area contributed by atoms with Crippen LogP contribution in [0.3, 0.4) is 0 Å². The third kappa shape index (κ3) is 2.95. The second kappa shape index (κ2) is 5.66. The number of aliphatic carboxylic acids is 1. The van der Waals surface area contributed by atoms with Gasteiger partial charge in [0.2, 0.25) is 0 Å². The summed E-state index contributed by atoms with van der Waals surface area (Å²) in [7, 11) is 0. The van der Waals surface area contributed by atoms with Crippen LogP contribution in [0.25, 0.3) is 21.3 Å². The molecule has 0 aliphatic rings. The van der Waals surface area contributed by atoms with Crippen molar-refractivity contribution < 1.29 is 9.90 Å². The first-order valence-corrected chi connectivity index (χ1v) is 7.62. The van der Waals surface area contributed by atoms with Crippen molar-refractivity contribution in [1.29, 1.82) is 0 Å². The van der Waals surface area contributed by atoms with Crippen LogP contribution in [0.4, 0.5) is 0 Å². The van der Waals surface area contributed by atoms with Crippen molar-refractivity contribution in [3.05, 3.63) is 53.5 Å². The topological polar surface area (TPSA) is 50.2 Å². The van der Waals surface area contributed by atoms with Crippen molar-refractivity contribution >= 4 is 28.2 Å². The van der Waals surface area contributed by atoms with Gasteiger partial charge in [-0.15, -0.1) is 11.3 Å². The van der Waals surface area contributed by atoms with E-state index in [2.05, 4.69) is 23.2 Å². The van der Waals surface area contributed by atoms with E-state index >= 15 is 0 Å². The molecule has 0 radical (unpaired) electrons. The Labute approximate surface area is 126 Å². The molecule has 4 heteroatoms. The molecule has 0 saturated heterocycles. The van der Waals surface area contributed by atoms with Crippen molar-refractivity contribution in [1.82, 2.24) is 4.98 Å². The molecular formula is C17H15NO2S. The predicted octanol–water partition coefficient (Wildman–Crippen LogP) is 4.54. The molecule has 0 spiro atoms. The molecular weight excluding hydrogens is 282 g/mol. The summed E-state index contributed by atoms with van der Waals surface area (Å²) in [6.07, 6.45) is 1.96. The van der Waals surface area contributed by atoms with Gasteiger partial charge in [0.25, 0.3) is 0 Å². The van der Waals surface area contributed by atoms with Gasteiger partial charge in [-0.2, -0.15) is 0 Å². The van der Waals surface area contributed by atoms with Crippen LogP contribution in [0.5, 0.6) is 0 Å². The minimum atomic E-state index is -0.755. The van der Waals surface area contributed by atoms with Crippen molar-refractivity contribution in [3.63, 3.8) is 0 Å². The van der Waals surface area contributed by atoms with Crippen LogP contribution in [0.2, 0.25) is 0 Å². The monoisotopic (exact) mass is 297 g/mol. The number of hydrogen-bond donors (Lipinski definition) is 1. The molecule has 3 aromatic rings. The maximum Gasteiger partial charge on any atom is 0.303 e. The zero-order valence-electron chi connectivity index (χ0n) is 11.6. The van der Waals surface area contributed by atoms with Crippen LogP contribution in [0.15, 0.2) is 48.7 Å². The normalized spacial score (nSPS) is 12.4. The van der Waals surface area contributed by atoms with Gasteiger partial charge in [0.1, 0.15) is 0 Å². The molecule has 106 valence electrons. The van der Waals surface area contributed by atoms with Crippen LogP contribution in [-0.2, 0) is 4.79 Å². The molecule has 1 unspecified atom stereocenters. The highest BCUT2D eigenvalue weighted by molar-refractivity contribution is 7.15. The Balaban J connectivity index is 1.92. The zero-order valence-corrected chi connectivity index (χ0v) is 12.4. The molecule has 0 bridgehead atoms. The van der Waals surface area contributed by atoms with Crippen LogP contribution in [-0.4, -0.2) is 16.1 Å². The number of fused-ring (bicyclic) bond motifs is 1. The summed E-state index contributed by atoms with van der Waals surface area (Å²) in [6, 6.07) is 14.3. The molecule has 2 aromatic heterocycles. The number of aromatic nitrogens is 1. The van der Waals surface area contributed by atoms with E-state index in [9.17, 15) is 4.79 Å². The summed E-state index contributed by atoms with van der Waals surface area (Å²) in [5, 5.41) is 10.00. The van der Waals surface area contributed by atoms with Crippen molar-refractivity contribution in [2.45, 2.75) is 19.3 Å². The van der Waals surface area contributed by atoms with E-state index in [4.69, 9.17) is 5.11 Å². The van der Waals surface area contributed by atoms with E-state index in [1.807, 2.05) is 31.2 Å². The number of carboxylic acid groups (broad SMARTS) is 1. The lowest BCUT2D eigenvalue weighted by atomic mass is 10.1. The summed E-state index contributed by atoms with van der Waals surface area (Å²) in [4.78, 5) is 17.4. The van der Waals surface area contributed by atoms with Crippen molar-refractivity contribution in [2.75, 3.05) is 0 Å². The highest BCUT2D eigenvalue weighted by Gasteiger charge is 2.13. The molecule has 1 atom stereocenters. The largest absolute Gasteiger partial charge is 0.481 e. The summed E-state index contributed by atoms with van der Waals surface area (Å²) in [6.45, 7) is 1.95. The number of pyridine rings is 1. The summed E-state index contributed by atoms with van der Waals surface area (Å²) in [5.41, 5.74) is 2.13. The molecule has 0 amide bonds. The highest BCUT2D eigenvalue weighted by atomic mass is 32.1. The molecule has 21 heavy (non-hydrogen) atoms. The molecule has 3 nitrogen and oxygen atoms in total. The van der Waals surface area contributed by atoms with Crippen molar-refractivity contribution in [3.8, 4) is 10.4 Å². The third-order valence-electron chi connectivity index (χ3n) is 3.48. The number of carbonyl (C=O) groups is 1. The first kappa shape index (κ1) is 13.8. The maximum atomic E-state index is 10.8. The maximum absolute atomic E-state index is 10.8. The van der Waals surface area contributed by atoms with E-state index in [1.54, 1.807) is 17.5 Å². The minimum Gasteiger partial charge on any atom is -0.481 e. The molecule has 3 rings (SSSR count). The zero-order chi connectivity index (χ0) is 14.8. The second-order valence-corrected chi connectivity index (χ2v) is 6.23. The van der Waals surface area contributed by atoms with Crippen LogP contribution >= 0.6 is 11.3 Å². The smallest absolute Gasteiger partial charge is 0.303 e. The molecule has 1 aromatic carbocycles. The number of rotatable bonds is 4. The Morgan fingerprint density at radius 2 is 2.14 bits per heavy atom. The minimum absolute atomic E-state index is 0.0448. The fourth-order valence-corrected chi connectivity index (χ4v) is 3.42. The Hall–Kier alpha value is -2.20. The SMILES string of the molecule is CC(CC(=O)O)c1ccc(-c2ccc3ncccc3c2)s1. The van der Waals surface area contributed by atoms with Gasteiger partial charge >= 0.3 is 5.97 Å². The summed E-state index contributed by atoms with van der Waals surface area (Å²) in [5.74, 6) is -0.711. The van der Waals surface area contributed by atoms with Gasteiger partial charge in [-0.1, -0.05) is 19.1 Å². The Bertz CT molecular complexity index is 794. The Kier molecular flexibility index (Phi) is 3.71. The molecule has 2 heterocycles. The average Bonchev–Trinajstić information content (AvgIpc) is 2.96. The first-order chi connectivity index (χ1) is 10.1. The van der Waals surface area contributed by atoms with Crippen molar-refractivity contribution in [2.24, 2.45) is 0 Å². The average molecular weight is 297 g/mol. The lowest BCUT2D eigenvalue weighted by Crippen LogP contribution is -2.00. The fourth-order valence-electron chi connectivity index (χ4n) is 2.36. The van der Waals surface area contributed by atoms with Gasteiger partial charge in [-0.25, -0.2) is 0 Å². The van der Waals surface area contributed by atoms with E-state index in [0.717, 1.165) is 26.2 Å². The quantitative estimate of drug-likeness (QED) is 0.769. The number of thiophene rings is 1. The van der Waals surface area contributed by atoms with Gasteiger partial charge < -0.3 is 5.11 Å². The van der Waals surface area contributed by atoms with Gasteiger partial charge in [0.15, 0.2) is 0 Å². The Morgan fingerprint density at radius 3 is 2.95 bits per heavy atom. The van der Waals surface area contributed by atoms with E-state index in [-0.39, 0.29) is 12.3 Å².